The van der Waals surface area contributed by atoms with Crippen LogP contribution in [0.1, 0.15) is 158 Å². The van der Waals surface area contributed by atoms with E-state index in [1.54, 1.807) is 0 Å². The van der Waals surface area contributed by atoms with E-state index in [2.05, 4.69) is 191 Å². The minimum Gasteiger partial charge on any atom is -0.444 e. The number of cyclic esters (lactones) is 1. The summed E-state index contributed by atoms with van der Waals surface area (Å²) in [5, 5.41) is 25.4. The summed E-state index contributed by atoms with van der Waals surface area (Å²) in [7, 11) is -7.31. The molecule has 0 aromatic heterocycles. The zero-order valence-corrected chi connectivity index (χ0v) is 58.6. The third-order valence-electron chi connectivity index (χ3n) is 21.0. The molecule has 0 bridgehead atoms. The highest BCUT2D eigenvalue weighted by molar-refractivity contribution is 14.1. The number of fused-ring (bicyclic) bond motifs is 1. The third-order valence-corrected chi connectivity index (χ3v) is 34.9. The largest absolute Gasteiger partial charge is 0.444 e. The lowest BCUT2D eigenvalue weighted by molar-refractivity contribution is -0.268. The van der Waals surface area contributed by atoms with Crippen molar-refractivity contribution >= 4 is 53.6 Å². The van der Waals surface area contributed by atoms with E-state index in [4.69, 9.17) is 41.7 Å². The highest BCUT2D eigenvalue weighted by atomic mass is 127. The molecule has 13 nitrogen and oxygen atoms in total. The summed E-state index contributed by atoms with van der Waals surface area (Å²) in [6.45, 7) is 48.7. The maximum absolute atomic E-state index is 13.3. The van der Waals surface area contributed by atoms with Crippen molar-refractivity contribution in [2.24, 2.45) is 17.8 Å². The summed E-state index contributed by atoms with van der Waals surface area (Å²) in [5.41, 5.74) is 3.25. The Hall–Kier alpha value is -1.31. The number of alkyl carbamates (subject to hydrolysis) is 1. The van der Waals surface area contributed by atoms with Gasteiger partial charge < -0.3 is 57.2 Å². The molecule has 17 heteroatoms. The van der Waals surface area contributed by atoms with Gasteiger partial charge in [0.15, 0.2) is 25.0 Å². The van der Waals surface area contributed by atoms with E-state index >= 15 is 0 Å². The Morgan fingerprint density at radius 3 is 1.99 bits per heavy atom. The number of ether oxygens (including phenoxy) is 6. The molecule has 3 N–H and O–H groups in total. The van der Waals surface area contributed by atoms with Gasteiger partial charge in [-0.25, -0.2) is 4.79 Å². The molecule has 6 heterocycles. The molecule has 0 aliphatic carbocycles. The monoisotopic (exact) mass is 1310 g/mol. The first-order valence-corrected chi connectivity index (χ1v) is 41.3. The Morgan fingerprint density at radius 2 is 1.39 bits per heavy atom. The van der Waals surface area contributed by atoms with Crippen LogP contribution in [0.5, 0.6) is 0 Å². The molecule has 6 saturated heterocycles. The van der Waals surface area contributed by atoms with Crippen LogP contribution in [0.15, 0.2) is 64.8 Å². The fourth-order valence-corrected chi connectivity index (χ4v) is 17.2. The number of nitrogens with one attached hydrogen (secondary N) is 1. The number of halogens is 1. The van der Waals surface area contributed by atoms with Gasteiger partial charge in [0, 0.05) is 31.8 Å². The molecular weight excluding hydrogens is 1200 g/mol. The smallest absolute Gasteiger partial charge is 0.407 e. The van der Waals surface area contributed by atoms with Crippen molar-refractivity contribution in [2.45, 2.75) is 299 Å². The van der Waals surface area contributed by atoms with E-state index in [1.165, 1.54) is 0 Å². The number of rotatable bonds is 23. The Bertz CT molecular complexity index is 2300. The molecule has 6 aliphatic rings. The lowest BCUT2D eigenvalue weighted by Crippen LogP contribution is -2.69. The van der Waals surface area contributed by atoms with Gasteiger partial charge in [-0.1, -0.05) is 142 Å². The maximum Gasteiger partial charge on any atom is 0.407 e. The van der Waals surface area contributed by atoms with E-state index in [0.717, 1.165) is 61.7 Å². The summed E-state index contributed by atoms with van der Waals surface area (Å²) >= 11 is 2.32. The van der Waals surface area contributed by atoms with Crippen molar-refractivity contribution < 1.29 is 56.7 Å². The molecule has 7 rings (SSSR count). The van der Waals surface area contributed by atoms with Crippen LogP contribution in [0.2, 0.25) is 54.4 Å². The zero-order valence-electron chi connectivity index (χ0n) is 53.5. The van der Waals surface area contributed by atoms with Crippen molar-refractivity contribution in [3.8, 4) is 0 Å². The molecule has 0 spiro atoms. The SMILES string of the molecule is C=C1C[C@H](CCCO)O[C@H]1CC[C@H]1C[C@@H](C)C(=C)[C@@H](C[C@@H]2O[C@H](C[C@H]3CNC(=O)O3)[C@H](C)[C@H]2C(c2ccccc2)C(O)C[C@H]2CCC3O[C@@H]([C@H](/C=C/I)O[Si](C)(C)C(C)(C)C)[C@@H](O[Si](C)(C)C(C)(C)C)[C@@H](O[Si](C)(C)C(C)(C)C)[C@H]3O2)O1. The minimum atomic E-state index is -2.50. The van der Waals surface area contributed by atoms with Crippen LogP contribution in [0.3, 0.4) is 0 Å². The molecule has 3 unspecified atom stereocenters. The fourth-order valence-electron chi connectivity index (χ4n) is 12.9. The van der Waals surface area contributed by atoms with Crippen molar-refractivity contribution in [2.75, 3.05) is 13.2 Å². The van der Waals surface area contributed by atoms with Gasteiger partial charge in [-0.3, -0.25) is 0 Å². The number of hydrogen-bond donors (Lipinski definition) is 3. The predicted octanol–water partition coefficient (Wildman–Crippen LogP) is 14.5. The normalized spacial score (nSPS) is 34.7. The molecule has 1 aromatic carbocycles. The topological polar surface area (TPSA) is 153 Å². The minimum absolute atomic E-state index is 0.00643. The number of carbonyl (C=O) groups excluding carboxylic acids is 1. The van der Waals surface area contributed by atoms with Crippen molar-refractivity contribution in [3.63, 3.8) is 0 Å². The molecule has 0 saturated carbocycles. The molecule has 19 atom stereocenters. The Labute approximate surface area is 512 Å². The molecule has 0 radical (unpaired) electrons. The van der Waals surface area contributed by atoms with Crippen molar-refractivity contribution in [3.05, 3.63) is 70.4 Å². The number of amides is 1. The van der Waals surface area contributed by atoms with Crippen molar-refractivity contribution in [1.29, 1.82) is 0 Å². The molecule has 1 amide bonds. The molecule has 466 valence electrons. The van der Waals surface area contributed by atoms with Gasteiger partial charge in [0.1, 0.15) is 30.5 Å². The number of aliphatic hydroxyl groups excluding tert-OH is 2. The first kappa shape index (κ1) is 68.2. The molecule has 6 aliphatic heterocycles. The van der Waals surface area contributed by atoms with Gasteiger partial charge >= 0.3 is 6.09 Å². The second-order valence-electron chi connectivity index (χ2n) is 30.1. The molecular formula is C65H110INO12Si3. The lowest BCUT2D eigenvalue weighted by Gasteiger charge is -2.56. The van der Waals surface area contributed by atoms with E-state index in [-0.39, 0.29) is 106 Å². The maximum atomic E-state index is 13.3. The molecule has 6 fully saturated rings. The number of benzene rings is 1. The highest BCUT2D eigenvalue weighted by Gasteiger charge is 2.59. The summed E-state index contributed by atoms with van der Waals surface area (Å²) in [5.74, 6) is -0.253. The van der Waals surface area contributed by atoms with Gasteiger partial charge in [0.2, 0.25) is 0 Å². The predicted molar refractivity (Wildman–Crippen MR) is 344 cm³/mol. The quantitative estimate of drug-likeness (QED) is 0.0543. The first-order chi connectivity index (χ1) is 38.1. The number of hydrogen-bond acceptors (Lipinski definition) is 12. The lowest BCUT2D eigenvalue weighted by atomic mass is 9.70. The van der Waals surface area contributed by atoms with Crippen LogP contribution >= 0.6 is 22.6 Å². The third kappa shape index (κ3) is 16.3. The summed E-state index contributed by atoms with van der Waals surface area (Å²) < 4.78 is 66.5. The molecule has 82 heavy (non-hydrogen) atoms. The number of carbonyl (C=O) groups is 1. The Kier molecular flexibility index (Phi) is 23.0. The van der Waals surface area contributed by atoms with Gasteiger partial charge in [-0.2, -0.15) is 0 Å². The van der Waals surface area contributed by atoms with Crippen LogP contribution in [-0.4, -0.2) is 146 Å². The van der Waals surface area contributed by atoms with Gasteiger partial charge in [0.25, 0.3) is 0 Å². The van der Waals surface area contributed by atoms with E-state index < -0.39 is 61.6 Å². The van der Waals surface area contributed by atoms with Gasteiger partial charge in [-0.15, -0.1) is 0 Å². The second-order valence-corrected chi connectivity index (χ2v) is 45.1. The van der Waals surface area contributed by atoms with E-state index in [9.17, 15) is 15.0 Å². The standard InChI is InChI=1S/C65H110INO12Si3/c1-40-34-46(27-29-50-41(2)35-45(71-50)26-23-33-68)72-54(42(40)3)38-55-56(43(4)53(75-55)37-48-39-67-62(70)74-48)57(44-24-21-20-22-25-44)49(69)36-47-28-30-51-58(73-47)60(78-81(16,17)64(8,9)10)61(79-82(18,19)65(11,12)13)59(76-51)52(31-32-66)77-80(14,15)63(5,6)7/h20-22,24-25,31-32,40,43,45-61,68-69H,2-3,23,26-30,33-39H2,1,4-19H3,(H,67,70)/b32-31+/t40-,43+,45+,46+,47-,48+,49?,50+,51?,52+,53-,54-,55+,56-,57?,58+,59+,60+,61-/m1/s1. The summed E-state index contributed by atoms with van der Waals surface area (Å²) in [6.07, 6.45) is 4.98. The van der Waals surface area contributed by atoms with Crippen LogP contribution in [0, 0.1) is 17.8 Å². The first-order valence-electron chi connectivity index (χ1n) is 31.4. The van der Waals surface area contributed by atoms with Crippen LogP contribution < -0.4 is 5.32 Å². The average molecular weight is 1310 g/mol. The van der Waals surface area contributed by atoms with Crippen LogP contribution in [-0.2, 0) is 41.7 Å². The summed E-state index contributed by atoms with van der Waals surface area (Å²) in [4.78, 5) is 12.4. The second kappa shape index (κ2) is 27.6. The van der Waals surface area contributed by atoms with Crippen molar-refractivity contribution in [1.82, 2.24) is 5.32 Å². The Morgan fingerprint density at radius 1 is 0.756 bits per heavy atom. The highest BCUT2D eigenvalue weighted by Crippen LogP contribution is 2.51. The van der Waals surface area contributed by atoms with Crippen LogP contribution in [0.25, 0.3) is 0 Å². The molecule has 1 aromatic rings. The average Bonchev–Trinajstić information content (AvgIpc) is 1.86. The van der Waals surface area contributed by atoms with E-state index in [0.29, 0.717) is 32.2 Å². The zero-order chi connectivity index (χ0) is 60.5. The van der Waals surface area contributed by atoms with Gasteiger partial charge in [0.05, 0.1) is 67.6 Å². The summed E-state index contributed by atoms with van der Waals surface area (Å²) in [6, 6.07) is 10.5. The van der Waals surface area contributed by atoms with E-state index in [1.807, 2.05) is 6.07 Å². The fraction of sp³-hybridized carbons (Fsp3) is 0.800. The number of aliphatic hydroxyl groups is 2. The van der Waals surface area contributed by atoms with Crippen LogP contribution in [0.4, 0.5) is 4.79 Å². The van der Waals surface area contributed by atoms with Gasteiger partial charge in [-0.05, 0) is 150 Å². The Balaban J connectivity index is 1.20.